The first-order chi connectivity index (χ1) is 14.7. The van der Waals surface area contributed by atoms with Gasteiger partial charge in [-0.2, -0.15) is 0 Å². The highest BCUT2D eigenvalue weighted by molar-refractivity contribution is 5.78. The van der Waals surface area contributed by atoms with Gasteiger partial charge in [-0.1, -0.05) is 49.4 Å². The number of rotatable bonds is 8. The Bertz CT molecular complexity index is 998. The summed E-state index contributed by atoms with van der Waals surface area (Å²) < 4.78 is 10.7. The monoisotopic (exact) mass is 402 g/mol. The van der Waals surface area contributed by atoms with Gasteiger partial charge in [0.1, 0.15) is 0 Å². The molecule has 154 valence electrons. The Hall–Kier alpha value is -3.47. The molecule has 1 aliphatic rings. The maximum atomic E-state index is 12.3. The standard InChI is InChI=1S/C25H26N2O3/c1-2-18-3-5-20(6-4-18)15-26-22-10-7-19(8-11-22)14-25(28)27-16-21-9-12-23-24(13-21)30-17-29-23/h3-13,26H,2,14-17H2,1H3,(H,27,28). The van der Waals surface area contributed by atoms with E-state index >= 15 is 0 Å². The molecule has 0 saturated carbocycles. The molecule has 0 aliphatic carbocycles. The van der Waals surface area contributed by atoms with Gasteiger partial charge >= 0.3 is 0 Å². The first-order valence-electron chi connectivity index (χ1n) is 10.3. The van der Waals surface area contributed by atoms with Crippen molar-refractivity contribution >= 4 is 11.6 Å². The molecule has 0 fully saturated rings. The van der Waals surface area contributed by atoms with Crippen molar-refractivity contribution in [3.63, 3.8) is 0 Å². The minimum atomic E-state index is -0.00982. The molecule has 30 heavy (non-hydrogen) atoms. The van der Waals surface area contributed by atoms with Gasteiger partial charge in [0, 0.05) is 18.8 Å². The zero-order valence-corrected chi connectivity index (χ0v) is 17.1. The van der Waals surface area contributed by atoms with Crippen LogP contribution in [-0.2, 0) is 30.7 Å². The highest BCUT2D eigenvalue weighted by Gasteiger charge is 2.13. The molecular weight excluding hydrogens is 376 g/mol. The van der Waals surface area contributed by atoms with E-state index in [-0.39, 0.29) is 12.7 Å². The van der Waals surface area contributed by atoms with Gasteiger partial charge in [-0.25, -0.2) is 0 Å². The van der Waals surface area contributed by atoms with Crippen LogP contribution in [-0.4, -0.2) is 12.7 Å². The van der Waals surface area contributed by atoms with Gasteiger partial charge in [0.05, 0.1) is 6.42 Å². The molecule has 0 saturated heterocycles. The number of fused-ring (bicyclic) bond motifs is 1. The fraction of sp³-hybridized carbons (Fsp3) is 0.240. The minimum Gasteiger partial charge on any atom is -0.454 e. The summed E-state index contributed by atoms with van der Waals surface area (Å²) in [6.07, 6.45) is 1.41. The zero-order valence-electron chi connectivity index (χ0n) is 17.1. The number of anilines is 1. The van der Waals surface area contributed by atoms with Crippen molar-refractivity contribution in [2.45, 2.75) is 32.9 Å². The third-order valence-electron chi connectivity index (χ3n) is 5.17. The molecule has 3 aromatic rings. The molecule has 5 heteroatoms. The van der Waals surface area contributed by atoms with Crippen molar-refractivity contribution < 1.29 is 14.3 Å². The van der Waals surface area contributed by atoms with Gasteiger partial charge in [-0.3, -0.25) is 4.79 Å². The Morgan fingerprint density at radius 3 is 2.23 bits per heavy atom. The number of nitrogens with one attached hydrogen (secondary N) is 2. The van der Waals surface area contributed by atoms with E-state index in [0.717, 1.165) is 41.3 Å². The Morgan fingerprint density at radius 1 is 0.800 bits per heavy atom. The summed E-state index contributed by atoms with van der Waals surface area (Å²) in [5, 5.41) is 6.38. The highest BCUT2D eigenvalue weighted by Crippen LogP contribution is 2.32. The van der Waals surface area contributed by atoms with Crippen LogP contribution in [0.2, 0.25) is 0 Å². The second kappa shape index (κ2) is 9.35. The number of ether oxygens (including phenoxy) is 2. The maximum absolute atomic E-state index is 12.3. The summed E-state index contributed by atoms with van der Waals surface area (Å²) in [5.74, 6) is 1.47. The zero-order chi connectivity index (χ0) is 20.8. The quantitative estimate of drug-likeness (QED) is 0.585. The molecule has 4 rings (SSSR count). The SMILES string of the molecule is CCc1ccc(CNc2ccc(CC(=O)NCc3ccc4c(c3)OCO4)cc2)cc1. The predicted molar refractivity (Wildman–Crippen MR) is 118 cm³/mol. The first kappa shape index (κ1) is 19.8. The second-order valence-corrected chi connectivity index (χ2v) is 7.36. The van der Waals surface area contributed by atoms with Crippen molar-refractivity contribution in [2.75, 3.05) is 12.1 Å². The molecule has 0 unspecified atom stereocenters. The van der Waals surface area contributed by atoms with Crippen LogP contribution in [0.4, 0.5) is 5.69 Å². The average Bonchev–Trinajstić information content (AvgIpc) is 3.25. The largest absolute Gasteiger partial charge is 0.454 e. The normalized spacial score (nSPS) is 11.9. The van der Waals surface area contributed by atoms with Crippen LogP contribution in [0.25, 0.3) is 0 Å². The third kappa shape index (κ3) is 5.11. The number of carbonyl (C=O) groups is 1. The molecule has 0 atom stereocenters. The lowest BCUT2D eigenvalue weighted by molar-refractivity contribution is -0.120. The van der Waals surface area contributed by atoms with Crippen molar-refractivity contribution in [1.82, 2.24) is 5.32 Å². The summed E-state index contributed by atoms with van der Waals surface area (Å²) in [4.78, 5) is 12.3. The molecule has 0 spiro atoms. The van der Waals surface area contributed by atoms with E-state index in [1.165, 1.54) is 11.1 Å². The first-order valence-corrected chi connectivity index (χ1v) is 10.3. The van der Waals surface area contributed by atoms with E-state index < -0.39 is 0 Å². The van der Waals surface area contributed by atoms with Crippen LogP contribution in [0.1, 0.15) is 29.2 Å². The van der Waals surface area contributed by atoms with E-state index in [0.29, 0.717) is 13.0 Å². The van der Waals surface area contributed by atoms with E-state index in [1.54, 1.807) is 0 Å². The third-order valence-corrected chi connectivity index (χ3v) is 5.17. The van der Waals surface area contributed by atoms with Crippen LogP contribution >= 0.6 is 0 Å². The van der Waals surface area contributed by atoms with Crippen LogP contribution < -0.4 is 20.1 Å². The van der Waals surface area contributed by atoms with Gasteiger partial charge in [-0.05, 0) is 52.9 Å². The molecule has 0 aromatic heterocycles. The fourth-order valence-corrected chi connectivity index (χ4v) is 3.34. The summed E-state index contributed by atoms with van der Waals surface area (Å²) in [6.45, 7) is 3.65. The molecule has 1 aliphatic heterocycles. The molecule has 0 radical (unpaired) electrons. The Balaban J connectivity index is 1.24. The molecule has 5 nitrogen and oxygen atoms in total. The van der Waals surface area contributed by atoms with Gasteiger partial charge in [0.15, 0.2) is 11.5 Å². The maximum Gasteiger partial charge on any atom is 0.231 e. The Morgan fingerprint density at radius 2 is 1.47 bits per heavy atom. The van der Waals surface area contributed by atoms with Gasteiger partial charge in [0.25, 0.3) is 0 Å². The van der Waals surface area contributed by atoms with E-state index in [2.05, 4.69) is 41.8 Å². The number of aryl methyl sites for hydroxylation is 1. The van der Waals surface area contributed by atoms with Crippen LogP contribution in [0.5, 0.6) is 11.5 Å². The molecular formula is C25H26N2O3. The predicted octanol–water partition coefficient (Wildman–Crippen LogP) is 4.45. The lowest BCUT2D eigenvalue weighted by Gasteiger charge is -2.09. The van der Waals surface area contributed by atoms with E-state index in [1.807, 2.05) is 42.5 Å². The molecule has 1 amide bonds. The van der Waals surface area contributed by atoms with Gasteiger partial charge in [-0.15, -0.1) is 0 Å². The van der Waals surface area contributed by atoms with E-state index in [4.69, 9.17) is 9.47 Å². The van der Waals surface area contributed by atoms with Crippen LogP contribution in [0.3, 0.4) is 0 Å². The van der Waals surface area contributed by atoms with Crippen molar-refractivity contribution in [3.05, 3.63) is 89.0 Å². The lowest BCUT2D eigenvalue weighted by atomic mass is 10.1. The number of benzene rings is 3. The summed E-state index contributed by atoms with van der Waals surface area (Å²) in [6, 6.07) is 22.4. The molecule has 3 aromatic carbocycles. The second-order valence-electron chi connectivity index (χ2n) is 7.36. The number of hydrogen-bond acceptors (Lipinski definition) is 4. The summed E-state index contributed by atoms with van der Waals surface area (Å²) in [7, 11) is 0. The molecule has 1 heterocycles. The number of amides is 1. The van der Waals surface area contributed by atoms with Crippen molar-refractivity contribution in [3.8, 4) is 11.5 Å². The summed E-state index contributed by atoms with van der Waals surface area (Å²) in [5.41, 5.74) is 5.60. The van der Waals surface area contributed by atoms with Crippen molar-refractivity contribution in [1.29, 1.82) is 0 Å². The van der Waals surface area contributed by atoms with Crippen molar-refractivity contribution in [2.24, 2.45) is 0 Å². The fourth-order valence-electron chi connectivity index (χ4n) is 3.34. The average molecular weight is 402 g/mol. The number of hydrogen-bond donors (Lipinski definition) is 2. The topological polar surface area (TPSA) is 59.6 Å². The Kier molecular flexibility index (Phi) is 6.18. The van der Waals surface area contributed by atoms with Gasteiger partial charge in [0.2, 0.25) is 12.7 Å². The lowest BCUT2D eigenvalue weighted by Crippen LogP contribution is -2.24. The van der Waals surface area contributed by atoms with Gasteiger partial charge < -0.3 is 20.1 Å². The van der Waals surface area contributed by atoms with Crippen LogP contribution in [0.15, 0.2) is 66.7 Å². The smallest absolute Gasteiger partial charge is 0.231 e. The van der Waals surface area contributed by atoms with E-state index in [9.17, 15) is 4.79 Å². The molecule has 0 bridgehead atoms. The summed E-state index contributed by atoms with van der Waals surface area (Å²) >= 11 is 0. The minimum absolute atomic E-state index is 0.00982. The highest BCUT2D eigenvalue weighted by atomic mass is 16.7. The molecule has 2 N–H and O–H groups in total. The Labute approximate surface area is 177 Å². The van der Waals surface area contributed by atoms with Crippen LogP contribution in [0, 0.1) is 0 Å². The number of carbonyl (C=O) groups excluding carboxylic acids is 1.